The smallest absolute Gasteiger partial charge is 0.282 e. The third kappa shape index (κ3) is 2.20. The van der Waals surface area contributed by atoms with Gasteiger partial charge in [0.2, 0.25) is 0 Å². The van der Waals surface area contributed by atoms with Crippen molar-refractivity contribution in [2.75, 3.05) is 0 Å². The number of aromatic nitrogens is 1. The van der Waals surface area contributed by atoms with Crippen molar-refractivity contribution in [3.05, 3.63) is 24.0 Å². The highest BCUT2D eigenvalue weighted by Gasteiger charge is 2.36. The zero-order valence-corrected chi connectivity index (χ0v) is 7.30. The summed E-state index contributed by atoms with van der Waals surface area (Å²) in [4.78, 5) is 1.94. The van der Waals surface area contributed by atoms with Crippen molar-refractivity contribution < 1.29 is 26.1 Å². The Hall–Kier alpha value is -1.15. The lowest BCUT2D eigenvalue weighted by Gasteiger charge is -2.09. The zero-order valence-electron chi connectivity index (χ0n) is 6.49. The fourth-order valence-electron chi connectivity index (χ4n) is 0.820. The van der Waals surface area contributed by atoms with Gasteiger partial charge in [-0.2, -0.15) is 21.6 Å². The molecule has 0 aliphatic rings. The second-order valence-corrected chi connectivity index (χ2v) is 3.73. The van der Waals surface area contributed by atoms with Crippen LogP contribution in [-0.4, -0.2) is 18.0 Å². The van der Waals surface area contributed by atoms with Crippen LogP contribution < -0.4 is 0 Å². The number of halogens is 3. The molecule has 0 aliphatic carbocycles. The quantitative estimate of drug-likeness (QED) is 0.735. The van der Waals surface area contributed by atoms with Crippen LogP contribution in [0.4, 0.5) is 13.2 Å². The van der Waals surface area contributed by atoms with Crippen LogP contribution in [-0.2, 0) is 16.3 Å². The first-order valence-corrected chi connectivity index (χ1v) is 4.65. The molecule has 1 N–H and O–H groups in total. The van der Waals surface area contributed by atoms with Crippen molar-refractivity contribution in [2.45, 2.75) is 11.1 Å². The summed E-state index contributed by atoms with van der Waals surface area (Å²) >= 11 is 0. The first kappa shape index (κ1) is 10.9. The van der Waals surface area contributed by atoms with Gasteiger partial charge in [0.05, 0.1) is 5.56 Å². The molecule has 0 saturated heterocycles. The summed E-state index contributed by atoms with van der Waals surface area (Å²) in [7, 11) is -4.90. The Balaban J connectivity index is 3.47. The van der Waals surface area contributed by atoms with Gasteiger partial charge in [0, 0.05) is 12.4 Å². The van der Waals surface area contributed by atoms with E-state index in [0.29, 0.717) is 12.3 Å². The molecule has 0 amide bonds. The summed E-state index contributed by atoms with van der Waals surface area (Å²) in [6.07, 6.45) is -3.61. The third-order valence-corrected chi connectivity index (χ3v) is 2.25. The molecule has 0 fully saturated rings. The summed E-state index contributed by atoms with van der Waals surface area (Å²) in [6, 6.07) is 0.475. The molecular weight excluding hydrogens is 223 g/mol. The normalized spacial score (nSPS) is 12.9. The van der Waals surface area contributed by atoms with E-state index in [1.54, 1.807) is 0 Å². The van der Waals surface area contributed by atoms with E-state index in [-0.39, 0.29) is 0 Å². The van der Waals surface area contributed by atoms with Gasteiger partial charge in [-0.05, 0) is 6.07 Å². The van der Waals surface area contributed by atoms with E-state index in [4.69, 9.17) is 4.55 Å². The lowest BCUT2D eigenvalue weighted by atomic mass is 10.3. The molecule has 8 heteroatoms. The largest absolute Gasteiger partial charge is 0.417 e. The Labute approximate surface area is 77.1 Å². The maximum atomic E-state index is 12.2. The van der Waals surface area contributed by atoms with E-state index < -0.39 is 26.8 Å². The Kier molecular flexibility index (Phi) is 2.50. The van der Waals surface area contributed by atoms with E-state index in [9.17, 15) is 21.6 Å². The Morgan fingerprint density at radius 1 is 1.36 bits per heavy atom. The summed E-state index contributed by atoms with van der Waals surface area (Å²) in [5, 5.41) is 0. The molecule has 0 unspecified atom stereocenters. The summed E-state index contributed by atoms with van der Waals surface area (Å²) in [5.74, 6) is 0. The van der Waals surface area contributed by atoms with Crippen LogP contribution in [0.25, 0.3) is 0 Å². The van der Waals surface area contributed by atoms with Gasteiger partial charge in [0.1, 0.15) is 4.90 Å². The predicted octanol–water partition coefficient (Wildman–Crippen LogP) is 1.35. The third-order valence-electron chi connectivity index (χ3n) is 1.37. The average molecular weight is 227 g/mol. The molecule has 0 spiro atoms. The Morgan fingerprint density at radius 3 is 2.29 bits per heavy atom. The minimum absolute atomic E-state index is 0.443. The number of nitrogens with zero attached hydrogens (tertiary/aromatic N) is 1. The molecule has 1 rings (SSSR count). The maximum absolute atomic E-state index is 12.2. The minimum Gasteiger partial charge on any atom is -0.282 e. The zero-order chi connectivity index (χ0) is 11.0. The van der Waals surface area contributed by atoms with Crippen LogP contribution in [0, 0.1) is 0 Å². The second kappa shape index (κ2) is 3.21. The van der Waals surface area contributed by atoms with Gasteiger partial charge < -0.3 is 0 Å². The Morgan fingerprint density at radius 2 is 1.93 bits per heavy atom. The molecule has 78 valence electrons. The lowest BCUT2D eigenvalue weighted by Crippen LogP contribution is -2.12. The molecule has 0 bridgehead atoms. The van der Waals surface area contributed by atoms with E-state index in [2.05, 4.69) is 4.98 Å². The molecule has 0 atom stereocenters. The molecule has 0 aromatic carbocycles. The predicted molar refractivity (Wildman–Crippen MR) is 39.1 cm³/mol. The van der Waals surface area contributed by atoms with E-state index in [0.717, 1.165) is 6.20 Å². The second-order valence-electron chi connectivity index (χ2n) is 2.34. The lowest BCUT2D eigenvalue weighted by molar-refractivity contribution is -0.140. The van der Waals surface area contributed by atoms with Gasteiger partial charge in [0.25, 0.3) is 10.1 Å². The van der Waals surface area contributed by atoms with Crippen LogP contribution in [0.5, 0.6) is 0 Å². The summed E-state index contributed by atoms with van der Waals surface area (Å²) < 4.78 is 66.0. The molecule has 0 radical (unpaired) electrons. The summed E-state index contributed by atoms with van der Waals surface area (Å²) in [5.41, 5.74) is -1.44. The Bertz CT molecular complexity index is 440. The molecule has 1 aromatic rings. The fraction of sp³-hybridized carbons (Fsp3) is 0.167. The van der Waals surface area contributed by atoms with Gasteiger partial charge in [-0.3, -0.25) is 9.54 Å². The van der Waals surface area contributed by atoms with Crippen molar-refractivity contribution in [3.8, 4) is 0 Å². The highest BCUT2D eigenvalue weighted by molar-refractivity contribution is 7.85. The average Bonchev–Trinajstić information content (AvgIpc) is 2.01. The molecule has 4 nitrogen and oxygen atoms in total. The first-order chi connectivity index (χ1) is 6.23. The minimum atomic E-state index is -4.90. The van der Waals surface area contributed by atoms with Crippen LogP contribution >= 0.6 is 0 Å². The highest BCUT2D eigenvalue weighted by Crippen LogP contribution is 2.33. The van der Waals surface area contributed by atoms with Crippen molar-refractivity contribution in [2.24, 2.45) is 0 Å². The molecular formula is C6H4F3NO3S. The monoisotopic (exact) mass is 227 g/mol. The van der Waals surface area contributed by atoms with E-state index in [1.807, 2.05) is 0 Å². The first-order valence-electron chi connectivity index (χ1n) is 3.21. The van der Waals surface area contributed by atoms with E-state index >= 15 is 0 Å². The number of hydrogen-bond acceptors (Lipinski definition) is 3. The summed E-state index contributed by atoms with van der Waals surface area (Å²) in [6.45, 7) is 0. The van der Waals surface area contributed by atoms with Gasteiger partial charge in [0.15, 0.2) is 0 Å². The molecule has 14 heavy (non-hydrogen) atoms. The fourth-order valence-corrected chi connectivity index (χ4v) is 1.48. The molecule has 0 saturated carbocycles. The van der Waals surface area contributed by atoms with Crippen molar-refractivity contribution in [3.63, 3.8) is 0 Å². The number of pyridine rings is 1. The van der Waals surface area contributed by atoms with E-state index in [1.165, 1.54) is 0 Å². The van der Waals surface area contributed by atoms with Crippen LogP contribution in [0.3, 0.4) is 0 Å². The standard InChI is InChI=1S/C6H4F3NO3S/c7-6(8,9)4-1-2-10-3-5(4)14(11,12)13/h1-3H,(H,11,12,13). The topological polar surface area (TPSA) is 67.3 Å². The molecule has 0 aliphatic heterocycles. The van der Waals surface area contributed by atoms with Crippen LogP contribution in [0.15, 0.2) is 23.4 Å². The highest BCUT2D eigenvalue weighted by atomic mass is 32.2. The van der Waals surface area contributed by atoms with Crippen molar-refractivity contribution in [1.82, 2.24) is 4.98 Å². The van der Waals surface area contributed by atoms with Crippen molar-refractivity contribution >= 4 is 10.1 Å². The van der Waals surface area contributed by atoms with Crippen molar-refractivity contribution in [1.29, 1.82) is 0 Å². The van der Waals surface area contributed by atoms with Gasteiger partial charge in [-0.1, -0.05) is 0 Å². The molecule has 1 heterocycles. The maximum Gasteiger partial charge on any atom is 0.417 e. The van der Waals surface area contributed by atoms with Crippen LogP contribution in [0.2, 0.25) is 0 Å². The van der Waals surface area contributed by atoms with Crippen LogP contribution in [0.1, 0.15) is 5.56 Å². The number of hydrogen-bond donors (Lipinski definition) is 1. The SMILES string of the molecule is O=S(=O)(O)c1cnccc1C(F)(F)F. The van der Waals surface area contributed by atoms with Gasteiger partial charge >= 0.3 is 6.18 Å². The number of alkyl halides is 3. The van der Waals surface area contributed by atoms with Gasteiger partial charge in [-0.15, -0.1) is 0 Å². The van der Waals surface area contributed by atoms with Gasteiger partial charge in [-0.25, -0.2) is 0 Å². The molecule has 1 aromatic heterocycles. The number of rotatable bonds is 1.